The number of amides is 3. The van der Waals surface area contributed by atoms with Crippen LogP contribution in [0.25, 0.3) is 0 Å². The zero-order valence-corrected chi connectivity index (χ0v) is 14.0. The Balaban J connectivity index is 2.63. The standard InChI is InChI=1S/C16H25N3O4/c1-10(2)14(15(20)19-16(17)21)18-8-7-11-5-6-12(22-3)13(9-11)23-4/h5-6,9-10,14,18H,7-8H2,1-4H3,(H3,17,19,20,21)/t14-/m1/s1. The number of methoxy groups -OCH3 is 2. The first-order chi connectivity index (χ1) is 10.9. The highest BCUT2D eigenvalue weighted by molar-refractivity contribution is 5.96. The minimum absolute atomic E-state index is 0.0275. The summed E-state index contributed by atoms with van der Waals surface area (Å²) in [6.07, 6.45) is 0.702. The lowest BCUT2D eigenvalue weighted by atomic mass is 10.0. The number of rotatable bonds is 8. The van der Waals surface area contributed by atoms with Gasteiger partial charge in [0.1, 0.15) is 0 Å². The Morgan fingerprint density at radius 3 is 2.35 bits per heavy atom. The van der Waals surface area contributed by atoms with Gasteiger partial charge in [0.15, 0.2) is 11.5 Å². The quantitative estimate of drug-likeness (QED) is 0.664. The van der Waals surface area contributed by atoms with Crippen LogP contribution in [0.4, 0.5) is 4.79 Å². The van der Waals surface area contributed by atoms with Crippen molar-refractivity contribution in [3.8, 4) is 11.5 Å². The third-order valence-corrected chi connectivity index (χ3v) is 3.42. The van der Waals surface area contributed by atoms with E-state index in [1.165, 1.54) is 0 Å². The molecule has 0 heterocycles. The Morgan fingerprint density at radius 1 is 1.17 bits per heavy atom. The Kier molecular flexibility index (Phi) is 7.34. The van der Waals surface area contributed by atoms with E-state index < -0.39 is 18.0 Å². The van der Waals surface area contributed by atoms with E-state index in [4.69, 9.17) is 15.2 Å². The Bertz CT molecular complexity index is 546. The summed E-state index contributed by atoms with van der Waals surface area (Å²) >= 11 is 0. The SMILES string of the molecule is COc1ccc(CCN[C@@H](C(=O)NC(N)=O)C(C)C)cc1OC. The molecule has 128 valence electrons. The average Bonchev–Trinajstić information content (AvgIpc) is 2.49. The molecule has 7 nitrogen and oxygen atoms in total. The van der Waals surface area contributed by atoms with E-state index in [1.807, 2.05) is 32.0 Å². The van der Waals surface area contributed by atoms with Gasteiger partial charge in [-0.3, -0.25) is 10.1 Å². The summed E-state index contributed by atoms with van der Waals surface area (Å²) < 4.78 is 10.5. The molecule has 0 bridgehead atoms. The maximum Gasteiger partial charge on any atom is 0.318 e. The van der Waals surface area contributed by atoms with Crippen molar-refractivity contribution in [2.24, 2.45) is 11.7 Å². The molecule has 4 N–H and O–H groups in total. The fraction of sp³-hybridized carbons (Fsp3) is 0.500. The number of imide groups is 1. The Hall–Kier alpha value is -2.28. The van der Waals surface area contributed by atoms with Crippen LogP contribution >= 0.6 is 0 Å². The highest BCUT2D eigenvalue weighted by Gasteiger charge is 2.22. The van der Waals surface area contributed by atoms with Gasteiger partial charge in [0.05, 0.1) is 20.3 Å². The maximum absolute atomic E-state index is 11.9. The number of primary amides is 1. The second-order valence-electron chi connectivity index (χ2n) is 5.47. The summed E-state index contributed by atoms with van der Waals surface area (Å²) in [5.74, 6) is 0.946. The number of carbonyl (C=O) groups excluding carboxylic acids is 2. The number of urea groups is 1. The van der Waals surface area contributed by atoms with Crippen LogP contribution in [0, 0.1) is 5.92 Å². The van der Waals surface area contributed by atoms with Crippen molar-refractivity contribution in [2.75, 3.05) is 20.8 Å². The number of nitrogens with two attached hydrogens (primary N) is 1. The summed E-state index contributed by atoms with van der Waals surface area (Å²) in [7, 11) is 3.17. The van der Waals surface area contributed by atoms with Crippen molar-refractivity contribution in [3.05, 3.63) is 23.8 Å². The average molecular weight is 323 g/mol. The number of hydrogen-bond donors (Lipinski definition) is 3. The van der Waals surface area contributed by atoms with Crippen LogP contribution in [-0.4, -0.2) is 38.7 Å². The molecule has 23 heavy (non-hydrogen) atoms. The van der Waals surface area contributed by atoms with Gasteiger partial charge in [0.2, 0.25) is 5.91 Å². The molecular formula is C16H25N3O4. The summed E-state index contributed by atoms with van der Waals surface area (Å²) in [4.78, 5) is 22.7. The van der Waals surface area contributed by atoms with Gasteiger partial charge >= 0.3 is 6.03 Å². The molecule has 0 saturated heterocycles. The number of carbonyl (C=O) groups is 2. The van der Waals surface area contributed by atoms with E-state index in [0.717, 1.165) is 5.56 Å². The van der Waals surface area contributed by atoms with Crippen LogP contribution < -0.4 is 25.8 Å². The monoisotopic (exact) mass is 323 g/mol. The summed E-state index contributed by atoms with van der Waals surface area (Å²) in [5, 5.41) is 5.25. The lowest BCUT2D eigenvalue weighted by molar-refractivity contribution is -0.123. The molecule has 0 fully saturated rings. The predicted molar refractivity (Wildman–Crippen MR) is 87.6 cm³/mol. The highest BCUT2D eigenvalue weighted by atomic mass is 16.5. The molecule has 0 spiro atoms. The van der Waals surface area contributed by atoms with Crippen LogP contribution in [0.1, 0.15) is 19.4 Å². The van der Waals surface area contributed by atoms with Gasteiger partial charge in [-0.2, -0.15) is 0 Å². The first-order valence-corrected chi connectivity index (χ1v) is 7.43. The van der Waals surface area contributed by atoms with E-state index in [2.05, 4.69) is 10.6 Å². The van der Waals surface area contributed by atoms with Crippen LogP contribution in [0.15, 0.2) is 18.2 Å². The third kappa shape index (κ3) is 5.78. The summed E-state index contributed by atoms with van der Waals surface area (Å²) in [6, 6.07) is 4.35. The van der Waals surface area contributed by atoms with Crippen molar-refractivity contribution >= 4 is 11.9 Å². The molecule has 0 aromatic heterocycles. The lowest BCUT2D eigenvalue weighted by Gasteiger charge is -2.21. The van der Waals surface area contributed by atoms with Crippen molar-refractivity contribution in [1.29, 1.82) is 0 Å². The molecule has 0 aliphatic carbocycles. The van der Waals surface area contributed by atoms with Crippen LogP contribution in [0.3, 0.4) is 0 Å². The normalized spacial score (nSPS) is 11.9. The van der Waals surface area contributed by atoms with Crippen molar-refractivity contribution in [3.63, 3.8) is 0 Å². The fourth-order valence-corrected chi connectivity index (χ4v) is 2.24. The van der Waals surface area contributed by atoms with Crippen LogP contribution in [0.5, 0.6) is 11.5 Å². The number of hydrogen-bond acceptors (Lipinski definition) is 5. The van der Waals surface area contributed by atoms with Gasteiger partial charge < -0.3 is 20.5 Å². The molecule has 0 aliphatic rings. The molecule has 0 unspecified atom stereocenters. The van der Waals surface area contributed by atoms with E-state index >= 15 is 0 Å². The number of benzene rings is 1. The summed E-state index contributed by atoms with van der Waals surface area (Å²) in [5.41, 5.74) is 6.03. The number of nitrogens with one attached hydrogen (secondary N) is 2. The topological polar surface area (TPSA) is 103 Å². The first kappa shape index (κ1) is 18.8. The zero-order chi connectivity index (χ0) is 17.4. The molecule has 1 rings (SSSR count). The van der Waals surface area contributed by atoms with Gasteiger partial charge in [-0.05, 0) is 36.6 Å². The van der Waals surface area contributed by atoms with Gasteiger partial charge in [-0.15, -0.1) is 0 Å². The van der Waals surface area contributed by atoms with E-state index in [9.17, 15) is 9.59 Å². The number of ether oxygens (including phenoxy) is 2. The smallest absolute Gasteiger partial charge is 0.318 e. The molecule has 0 aliphatic heterocycles. The maximum atomic E-state index is 11.9. The van der Waals surface area contributed by atoms with Crippen molar-refractivity contribution in [1.82, 2.24) is 10.6 Å². The van der Waals surface area contributed by atoms with Gasteiger partial charge in [0.25, 0.3) is 0 Å². The molecule has 1 aromatic rings. The van der Waals surface area contributed by atoms with Gasteiger partial charge in [-0.1, -0.05) is 19.9 Å². The van der Waals surface area contributed by atoms with E-state index in [0.29, 0.717) is 24.5 Å². The second-order valence-corrected chi connectivity index (χ2v) is 5.47. The molecule has 1 atom stereocenters. The zero-order valence-electron chi connectivity index (χ0n) is 14.0. The lowest BCUT2D eigenvalue weighted by Crippen LogP contribution is -2.50. The van der Waals surface area contributed by atoms with Gasteiger partial charge in [-0.25, -0.2) is 4.79 Å². The highest BCUT2D eigenvalue weighted by Crippen LogP contribution is 2.27. The molecule has 3 amide bonds. The van der Waals surface area contributed by atoms with Crippen molar-refractivity contribution in [2.45, 2.75) is 26.3 Å². The predicted octanol–water partition coefficient (Wildman–Crippen LogP) is 1.06. The Labute approximate surface area is 136 Å². The van der Waals surface area contributed by atoms with Crippen LogP contribution in [-0.2, 0) is 11.2 Å². The van der Waals surface area contributed by atoms with Crippen molar-refractivity contribution < 1.29 is 19.1 Å². The van der Waals surface area contributed by atoms with E-state index in [-0.39, 0.29) is 5.92 Å². The largest absolute Gasteiger partial charge is 0.493 e. The van der Waals surface area contributed by atoms with Crippen LogP contribution in [0.2, 0.25) is 0 Å². The third-order valence-electron chi connectivity index (χ3n) is 3.42. The molecule has 7 heteroatoms. The molecular weight excluding hydrogens is 298 g/mol. The fourth-order valence-electron chi connectivity index (χ4n) is 2.24. The van der Waals surface area contributed by atoms with Gasteiger partial charge in [0, 0.05) is 0 Å². The summed E-state index contributed by atoms with van der Waals surface area (Å²) in [6.45, 7) is 4.37. The Morgan fingerprint density at radius 2 is 1.83 bits per heavy atom. The molecule has 0 radical (unpaired) electrons. The minimum atomic E-state index is -0.845. The minimum Gasteiger partial charge on any atom is -0.493 e. The second kappa shape index (κ2) is 8.99. The molecule has 1 aromatic carbocycles. The first-order valence-electron chi connectivity index (χ1n) is 7.43. The van der Waals surface area contributed by atoms with E-state index in [1.54, 1.807) is 14.2 Å². The molecule has 0 saturated carbocycles.